The van der Waals surface area contributed by atoms with E-state index >= 15 is 0 Å². The van der Waals surface area contributed by atoms with Gasteiger partial charge in [-0.3, -0.25) is 4.79 Å². The van der Waals surface area contributed by atoms with Crippen molar-refractivity contribution in [3.63, 3.8) is 0 Å². The van der Waals surface area contributed by atoms with E-state index in [9.17, 15) is 9.18 Å². The minimum absolute atomic E-state index is 0.286. The van der Waals surface area contributed by atoms with Gasteiger partial charge in [-0.1, -0.05) is 18.7 Å². The highest BCUT2D eigenvalue weighted by molar-refractivity contribution is 5.72. The van der Waals surface area contributed by atoms with Gasteiger partial charge in [0, 0.05) is 6.42 Å². The lowest BCUT2D eigenvalue weighted by atomic mass is 10.1. The van der Waals surface area contributed by atoms with Gasteiger partial charge >= 0.3 is 0 Å². The van der Waals surface area contributed by atoms with Crippen molar-refractivity contribution in [1.29, 1.82) is 0 Å². The molecule has 0 saturated carbocycles. The lowest BCUT2D eigenvalue weighted by Crippen LogP contribution is -1.90. The van der Waals surface area contributed by atoms with Crippen LogP contribution in [0.15, 0.2) is 36.4 Å². The summed E-state index contributed by atoms with van der Waals surface area (Å²) in [6.45, 7) is 3.51. The van der Waals surface area contributed by atoms with E-state index in [4.69, 9.17) is 0 Å². The van der Waals surface area contributed by atoms with Crippen molar-refractivity contribution < 1.29 is 9.18 Å². The van der Waals surface area contributed by atoms with Gasteiger partial charge in [0.25, 0.3) is 0 Å². The average molecular weight is 164 g/mol. The Morgan fingerprint density at radius 1 is 1.58 bits per heavy atom. The van der Waals surface area contributed by atoms with Crippen LogP contribution < -0.4 is 0 Å². The molecule has 0 aromatic heterocycles. The van der Waals surface area contributed by atoms with Crippen molar-refractivity contribution >= 4 is 6.29 Å². The number of carbonyl (C=O) groups is 1. The highest BCUT2D eigenvalue weighted by Crippen LogP contribution is 2.07. The van der Waals surface area contributed by atoms with Gasteiger partial charge in [-0.15, -0.1) is 0 Å². The summed E-state index contributed by atoms with van der Waals surface area (Å²) in [5.41, 5.74) is 1.23. The standard InChI is InChI=1S/C10H9FO/c1-8(7-12)5-9-3-2-4-10(11)6-9/h2-4,6-7H,1,5H2. The van der Waals surface area contributed by atoms with Crippen LogP contribution in [0.2, 0.25) is 0 Å². The van der Waals surface area contributed by atoms with Crippen molar-refractivity contribution in [2.45, 2.75) is 6.42 Å². The van der Waals surface area contributed by atoms with Gasteiger partial charge in [-0.2, -0.15) is 0 Å². The molecule has 0 amide bonds. The Kier molecular flexibility index (Phi) is 2.75. The van der Waals surface area contributed by atoms with E-state index in [1.165, 1.54) is 12.1 Å². The molecule has 0 fully saturated rings. The molecular formula is C10H9FO. The summed E-state index contributed by atoms with van der Waals surface area (Å²) < 4.78 is 12.6. The van der Waals surface area contributed by atoms with Crippen LogP contribution in [-0.2, 0) is 11.2 Å². The normalized spacial score (nSPS) is 9.42. The maximum atomic E-state index is 12.6. The topological polar surface area (TPSA) is 17.1 Å². The van der Waals surface area contributed by atoms with Gasteiger partial charge in [0.1, 0.15) is 12.1 Å². The van der Waals surface area contributed by atoms with Crippen molar-refractivity contribution in [2.75, 3.05) is 0 Å². The van der Waals surface area contributed by atoms with Gasteiger partial charge in [0.2, 0.25) is 0 Å². The first-order chi connectivity index (χ1) is 5.72. The fraction of sp³-hybridized carbons (Fsp3) is 0.100. The highest BCUT2D eigenvalue weighted by atomic mass is 19.1. The predicted octanol–water partition coefficient (Wildman–Crippen LogP) is 2.12. The van der Waals surface area contributed by atoms with Gasteiger partial charge in [0.05, 0.1) is 0 Å². The molecular weight excluding hydrogens is 155 g/mol. The number of benzene rings is 1. The second-order valence-electron chi connectivity index (χ2n) is 2.58. The number of aldehydes is 1. The Balaban J connectivity index is 2.76. The molecule has 0 atom stereocenters. The first-order valence-electron chi connectivity index (χ1n) is 3.60. The molecule has 0 radical (unpaired) electrons. The Morgan fingerprint density at radius 3 is 2.92 bits per heavy atom. The molecule has 0 spiro atoms. The summed E-state index contributed by atoms with van der Waals surface area (Å²) in [5.74, 6) is -0.286. The third-order valence-corrected chi connectivity index (χ3v) is 1.49. The van der Waals surface area contributed by atoms with E-state index < -0.39 is 0 Å². The van der Waals surface area contributed by atoms with Crippen LogP contribution >= 0.6 is 0 Å². The summed E-state index contributed by atoms with van der Waals surface area (Å²) in [6.07, 6.45) is 1.10. The number of allylic oxidation sites excluding steroid dienone is 1. The van der Waals surface area contributed by atoms with Crippen molar-refractivity contribution in [3.8, 4) is 0 Å². The first-order valence-corrected chi connectivity index (χ1v) is 3.60. The molecule has 1 aromatic rings. The van der Waals surface area contributed by atoms with Crippen LogP contribution in [0.3, 0.4) is 0 Å². The van der Waals surface area contributed by atoms with Crippen LogP contribution in [0.4, 0.5) is 4.39 Å². The van der Waals surface area contributed by atoms with Crippen LogP contribution in [0.1, 0.15) is 5.56 Å². The lowest BCUT2D eigenvalue weighted by molar-refractivity contribution is -0.104. The molecule has 0 heterocycles. The number of hydrogen-bond donors (Lipinski definition) is 0. The number of rotatable bonds is 3. The number of halogens is 1. The van der Waals surface area contributed by atoms with E-state index in [1.54, 1.807) is 12.1 Å². The quantitative estimate of drug-likeness (QED) is 0.494. The van der Waals surface area contributed by atoms with E-state index in [2.05, 4.69) is 6.58 Å². The Morgan fingerprint density at radius 2 is 2.33 bits per heavy atom. The number of carbonyl (C=O) groups excluding carboxylic acids is 1. The summed E-state index contributed by atoms with van der Waals surface area (Å²) in [6, 6.07) is 6.14. The van der Waals surface area contributed by atoms with Gasteiger partial charge in [0.15, 0.2) is 0 Å². The van der Waals surface area contributed by atoms with Crippen LogP contribution in [-0.4, -0.2) is 6.29 Å². The Labute approximate surface area is 70.5 Å². The predicted molar refractivity (Wildman–Crippen MR) is 45.3 cm³/mol. The van der Waals surface area contributed by atoms with Crippen molar-refractivity contribution in [1.82, 2.24) is 0 Å². The zero-order valence-corrected chi connectivity index (χ0v) is 6.59. The van der Waals surface area contributed by atoms with E-state index in [0.29, 0.717) is 18.3 Å². The summed E-state index contributed by atoms with van der Waals surface area (Å²) in [4.78, 5) is 10.2. The molecule has 1 rings (SSSR count). The molecule has 0 bridgehead atoms. The average Bonchev–Trinajstić information content (AvgIpc) is 2.04. The molecule has 2 heteroatoms. The third-order valence-electron chi connectivity index (χ3n) is 1.49. The van der Waals surface area contributed by atoms with Gasteiger partial charge in [-0.05, 0) is 23.3 Å². The molecule has 0 aliphatic heterocycles. The SMILES string of the molecule is C=C(C=O)Cc1cccc(F)c1. The zero-order valence-electron chi connectivity index (χ0n) is 6.59. The molecule has 0 N–H and O–H groups in total. The molecule has 12 heavy (non-hydrogen) atoms. The molecule has 1 nitrogen and oxygen atoms in total. The molecule has 0 aliphatic carbocycles. The second-order valence-corrected chi connectivity index (χ2v) is 2.58. The Bertz CT molecular complexity index is 304. The third kappa shape index (κ3) is 2.31. The van der Waals surface area contributed by atoms with Crippen molar-refractivity contribution in [3.05, 3.63) is 47.8 Å². The Hall–Kier alpha value is -1.44. The first kappa shape index (κ1) is 8.65. The van der Waals surface area contributed by atoms with Crippen molar-refractivity contribution in [2.24, 2.45) is 0 Å². The molecule has 62 valence electrons. The maximum absolute atomic E-state index is 12.6. The maximum Gasteiger partial charge on any atom is 0.145 e. The zero-order chi connectivity index (χ0) is 8.97. The molecule has 0 aliphatic rings. The fourth-order valence-corrected chi connectivity index (χ4v) is 0.951. The van der Waals surface area contributed by atoms with E-state index in [0.717, 1.165) is 5.56 Å². The minimum Gasteiger partial charge on any atom is -0.298 e. The molecule has 0 unspecified atom stereocenters. The second kappa shape index (κ2) is 3.81. The molecule has 1 aromatic carbocycles. The monoisotopic (exact) mass is 164 g/mol. The number of hydrogen-bond acceptors (Lipinski definition) is 1. The fourth-order valence-electron chi connectivity index (χ4n) is 0.951. The summed E-state index contributed by atoms with van der Waals surface area (Å²) in [7, 11) is 0. The van der Waals surface area contributed by atoms with E-state index in [1.807, 2.05) is 0 Å². The van der Waals surface area contributed by atoms with Crippen LogP contribution in [0, 0.1) is 5.82 Å². The smallest absolute Gasteiger partial charge is 0.145 e. The summed E-state index contributed by atoms with van der Waals surface area (Å²) in [5, 5.41) is 0. The van der Waals surface area contributed by atoms with Crippen LogP contribution in [0.5, 0.6) is 0 Å². The lowest BCUT2D eigenvalue weighted by Gasteiger charge is -1.98. The van der Waals surface area contributed by atoms with E-state index in [-0.39, 0.29) is 5.82 Å². The highest BCUT2D eigenvalue weighted by Gasteiger charge is 1.96. The van der Waals surface area contributed by atoms with Gasteiger partial charge in [-0.25, -0.2) is 4.39 Å². The largest absolute Gasteiger partial charge is 0.298 e. The molecule has 0 saturated heterocycles. The minimum atomic E-state index is -0.286. The van der Waals surface area contributed by atoms with Gasteiger partial charge < -0.3 is 0 Å². The summed E-state index contributed by atoms with van der Waals surface area (Å²) >= 11 is 0. The van der Waals surface area contributed by atoms with Crippen LogP contribution in [0.25, 0.3) is 0 Å².